The van der Waals surface area contributed by atoms with Crippen LogP contribution in [0.3, 0.4) is 0 Å². The van der Waals surface area contributed by atoms with Gasteiger partial charge in [-0.05, 0) is 6.26 Å². The molecule has 0 saturated heterocycles. The van der Waals surface area contributed by atoms with Gasteiger partial charge in [-0.2, -0.15) is 4.52 Å². The zero-order valence-corrected chi connectivity index (χ0v) is 15.2. The summed E-state index contributed by atoms with van der Waals surface area (Å²) >= 11 is 1.39. The lowest BCUT2D eigenvalue weighted by Crippen LogP contribution is -2.16. The number of thioether (sulfide) groups is 1. The fourth-order valence-corrected chi connectivity index (χ4v) is 2.90. The molecule has 0 atom stereocenters. The van der Waals surface area contributed by atoms with Crippen molar-refractivity contribution >= 4 is 23.5 Å². The van der Waals surface area contributed by atoms with Gasteiger partial charge in [0, 0.05) is 18.6 Å². The van der Waals surface area contributed by atoms with E-state index < -0.39 is 0 Å². The molecule has 8 nitrogen and oxygen atoms in total. The summed E-state index contributed by atoms with van der Waals surface area (Å²) in [5, 5.41) is 4.90. The number of hydrogen-bond acceptors (Lipinski definition) is 7. The van der Waals surface area contributed by atoms with Gasteiger partial charge in [-0.15, -0.1) is 5.10 Å². The maximum absolute atomic E-state index is 12.4. The highest BCUT2D eigenvalue weighted by Gasteiger charge is 2.15. The second-order valence-electron chi connectivity index (χ2n) is 5.35. The summed E-state index contributed by atoms with van der Waals surface area (Å²) < 4.78 is 13.4. The fraction of sp³-hybridized carbons (Fsp3) is 0.294. The van der Waals surface area contributed by atoms with E-state index in [1.54, 1.807) is 4.57 Å². The zero-order chi connectivity index (χ0) is 18.5. The average Bonchev–Trinajstić information content (AvgIpc) is 3.00. The third-order valence-electron chi connectivity index (χ3n) is 3.54. The average molecular weight is 374 g/mol. The van der Waals surface area contributed by atoms with Crippen molar-refractivity contribution in [2.45, 2.75) is 18.8 Å². The molecule has 136 valence electrons. The molecule has 3 rings (SSSR count). The number of carbonyl (C=O) groups excluding carboxylic acids is 1. The van der Waals surface area contributed by atoms with Gasteiger partial charge >= 0.3 is 5.97 Å². The lowest BCUT2D eigenvalue weighted by molar-refractivity contribution is -0.142. The standard InChI is InChI=1S/C17H18N4O4S/c1-12(22)25-9-8-24-11-20-16-18-14(13-6-4-3-5-7-13)10-15(23)21(16)19-17(20)26-2/h3-7,10H,8-9,11H2,1-2H3. The Morgan fingerprint density at radius 3 is 2.69 bits per heavy atom. The third kappa shape index (κ3) is 3.94. The van der Waals surface area contributed by atoms with Gasteiger partial charge in [-0.25, -0.2) is 4.98 Å². The molecule has 0 spiro atoms. The second-order valence-corrected chi connectivity index (χ2v) is 6.12. The second kappa shape index (κ2) is 8.15. The Hall–Kier alpha value is -2.65. The molecule has 0 N–H and O–H groups in total. The van der Waals surface area contributed by atoms with Crippen LogP contribution in [-0.4, -0.2) is 44.6 Å². The van der Waals surface area contributed by atoms with Crippen molar-refractivity contribution in [3.8, 4) is 11.3 Å². The minimum Gasteiger partial charge on any atom is -0.463 e. The highest BCUT2D eigenvalue weighted by atomic mass is 32.2. The molecular weight excluding hydrogens is 356 g/mol. The van der Waals surface area contributed by atoms with Crippen molar-refractivity contribution in [1.29, 1.82) is 0 Å². The van der Waals surface area contributed by atoms with Gasteiger partial charge < -0.3 is 9.47 Å². The Morgan fingerprint density at radius 1 is 1.23 bits per heavy atom. The van der Waals surface area contributed by atoms with E-state index in [2.05, 4.69) is 10.1 Å². The minimum absolute atomic E-state index is 0.144. The van der Waals surface area contributed by atoms with Gasteiger partial charge in [-0.1, -0.05) is 42.1 Å². The minimum atomic E-state index is -0.354. The Morgan fingerprint density at radius 2 is 2.00 bits per heavy atom. The number of hydrogen-bond donors (Lipinski definition) is 0. The van der Waals surface area contributed by atoms with Crippen LogP contribution < -0.4 is 5.56 Å². The summed E-state index contributed by atoms with van der Waals surface area (Å²) in [5.41, 5.74) is 1.16. The first-order valence-corrected chi connectivity index (χ1v) is 9.14. The smallest absolute Gasteiger partial charge is 0.302 e. The first kappa shape index (κ1) is 18.2. The number of rotatable bonds is 7. The van der Waals surface area contributed by atoms with E-state index in [0.29, 0.717) is 16.6 Å². The number of aromatic nitrogens is 4. The van der Waals surface area contributed by atoms with Crippen LogP contribution >= 0.6 is 11.8 Å². The van der Waals surface area contributed by atoms with Crippen LogP contribution in [0.2, 0.25) is 0 Å². The van der Waals surface area contributed by atoms with E-state index in [9.17, 15) is 9.59 Å². The summed E-state index contributed by atoms with van der Waals surface area (Å²) in [6.07, 6.45) is 1.86. The number of carbonyl (C=O) groups is 1. The largest absolute Gasteiger partial charge is 0.463 e. The van der Waals surface area contributed by atoms with Crippen LogP contribution in [0.5, 0.6) is 0 Å². The summed E-state index contributed by atoms with van der Waals surface area (Å²) in [6.45, 7) is 1.89. The van der Waals surface area contributed by atoms with E-state index >= 15 is 0 Å². The quantitative estimate of drug-likeness (QED) is 0.354. The number of fused-ring (bicyclic) bond motifs is 1. The van der Waals surface area contributed by atoms with Crippen molar-refractivity contribution in [3.05, 3.63) is 46.8 Å². The molecular formula is C17H18N4O4S. The number of ether oxygens (including phenoxy) is 2. The van der Waals surface area contributed by atoms with Crippen molar-refractivity contribution in [2.75, 3.05) is 19.5 Å². The topological polar surface area (TPSA) is 87.7 Å². The van der Waals surface area contributed by atoms with Gasteiger partial charge in [0.1, 0.15) is 13.3 Å². The Balaban J connectivity index is 1.92. The molecule has 0 amide bonds. The molecule has 1 aromatic carbocycles. The normalized spacial score (nSPS) is 11.0. The van der Waals surface area contributed by atoms with Gasteiger partial charge in [0.15, 0.2) is 5.16 Å². The molecule has 26 heavy (non-hydrogen) atoms. The maximum Gasteiger partial charge on any atom is 0.302 e. The van der Waals surface area contributed by atoms with E-state index in [0.717, 1.165) is 5.56 Å². The Labute approximate surface area is 153 Å². The Bertz CT molecular complexity index is 968. The van der Waals surface area contributed by atoms with E-state index in [-0.39, 0.29) is 31.5 Å². The molecule has 9 heteroatoms. The van der Waals surface area contributed by atoms with Crippen molar-refractivity contribution < 1.29 is 14.3 Å². The molecule has 0 unspecified atom stereocenters. The van der Waals surface area contributed by atoms with Crippen LogP contribution in [0.4, 0.5) is 0 Å². The van der Waals surface area contributed by atoms with Crippen LogP contribution in [0.25, 0.3) is 17.0 Å². The summed E-state index contributed by atoms with van der Waals surface area (Å²) in [6, 6.07) is 10.9. The highest BCUT2D eigenvalue weighted by molar-refractivity contribution is 7.98. The molecule has 0 aliphatic carbocycles. The molecule has 0 radical (unpaired) electrons. The summed E-state index contributed by atoms with van der Waals surface area (Å²) in [5.74, 6) is 0.0420. The first-order chi connectivity index (χ1) is 12.6. The van der Waals surface area contributed by atoms with Crippen molar-refractivity contribution in [3.63, 3.8) is 0 Å². The van der Waals surface area contributed by atoms with Crippen LogP contribution in [0, 0.1) is 0 Å². The van der Waals surface area contributed by atoms with Gasteiger partial charge in [0.25, 0.3) is 5.56 Å². The molecule has 0 aliphatic rings. The maximum atomic E-state index is 12.4. The van der Waals surface area contributed by atoms with Crippen LogP contribution in [-0.2, 0) is 21.0 Å². The molecule has 0 bridgehead atoms. The van der Waals surface area contributed by atoms with Crippen molar-refractivity contribution in [1.82, 2.24) is 19.2 Å². The lowest BCUT2D eigenvalue weighted by Gasteiger charge is -2.08. The predicted octanol–water partition coefficient (Wildman–Crippen LogP) is 1.82. The zero-order valence-electron chi connectivity index (χ0n) is 14.4. The van der Waals surface area contributed by atoms with Crippen molar-refractivity contribution in [2.24, 2.45) is 0 Å². The van der Waals surface area contributed by atoms with Gasteiger partial charge in [-0.3, -0.25) is 14.2 Å². The van der Waals surface area contributed by atoms with E-state index in [1.807, 2.05) is 36.6 Å². The fourth-order valence-electron chi connectivity index (χ4n) is 2.38. The van der Waals surface area contributed by atoms with Crippen LogP contribution in [0.1, 0.15) is 6.92 Å². The molecule has 2 heterocycles. The number of nitrogens with zero attached hydrogens (tertiary/aromatic N) is 4. The number of esters is 1. The van der Waals surface area contributed by atoms with Gasteiger partial charge in [0.2, 0.25) is 5.78 Å². The van der Waals surface area contributed by atoms with E-state index in [1.165, 1.54) is 29.3 Å². The monoisotopic (exact) mass is 374 g/mol. The van der Waals surface area contributed by atoms with E-state index in [4.69, 9.17) is 9.47 Å². The van der Waals surface area contributed by atoms with Gasteiger partial charge in [0.05, 0.1) is 12.3 Å². The summed E-state index contributed by atoms with van der Waals surface area (Å²) in [4.78, 5) is 27.8. The lowest BCUT2D eigenvalue weighted by atomic mass is 10.1. The molecule has 3 aromatic rings. The molecule has 2 aromatic heterocycles. The predicted molar refractivity (Wildman–Crippen MR) is 97.0 cm³/mol. The molecule has 0 saturated carbocycles. The highest BCUT2D eigenvalue weighted by Crippen LogP contribution is 2.19. The SMILES string of the molecule is CSc1nn2c(=O)cc(-c3ccccc3)nc2n1COCCOC(C)=O. The van der Waals surface area contributed by atoms with Crippen LogP contribution in [0.15, 0.2) is 46.3 Å². The number of benzene rings is 1. The first-order valence-electron chi connectivity index (χ1n) is 7.91. The third-order valence-corrected chi connectivity index (χ3v) is 4.21. The summed E-state index contributed by atoms with van der Waals surface area (Å²) in [7, 11) is 0. The molecule has 0 aliphatic heterocycles. The Kier molecular flexibility index (Phi) is 5.69. The molecule has 0 fully saturated rings.